The Kier molecular flexibility index (Phi) is 6.93. The van der Waals surface area contributed by atoms with Crippen LogP contribution in [0, 0.1) is 29.4 Å². The molecule has 1 unspecified atom stereocenters. The summed E-state index contributed by atoms with van der Waals surface area (Å²) in [6.07, 6.45) is 11.0. The van der Waals surface area contributed by atoms with E-state index in [0.29, 0.717) is 42.7 Å². The van der Waals surface area contributed by atoms with E-state index >= 15 is 8.78 Å². The fourth-order valence-electron chi connectivity index (χ4n) is 6.11. The van der Waals surface area contributed by atoms with Crippen molar-refractivity contribution >= 4 is 5.57 Å². The van der Waals surface area contributed by atoms with E-state index in [1.807, 2.05) is 6.92 Å². The van der Waals surface area contributed by atoms with Gasteiger partial charge in [0.15, 0.2) is 17.5 Å². The average molecular weight is 435 g/mol. The second-order valence-corrected chi connectivity index (χ2v) is 9.85. The number of rotatable bonds is 7. The van der Waals surface area contributed by atoms with E-state index < -0.39 is 29.2 Å². The molecule has 0 heterocycles. The Balaban J connectivity index is 1.51. The maximum Gasteiger partial charge on any atom is 0.167 e. The predicted molar refractivity (Wildman–Crippen MR) is 118 cm³/mol. The van der Waals surface area contributed by atoms with Crippen LogP contribution >= 0.6 is 0 Å². The zero-order chi connectivity index (χ0) is 22.1. The molecule has 0 saturated heterocycles. The van der Waals surface area contributed by atoms with Gasteiger partial charge in [-0.15, -0.1) is 0 Å². The Morgan fingerprint density at radius 1 is 0.903 bits per heavy atom. The van der Waals surface area contributed by atoms with Gasteiger partial charge in [0.1, 0.15) is 5.83 Å². The minimum atomic E-state index is -1.01. The third-order valence-electron chi connectivity index (χ3n) is 7.79. The fraction of sp³-hybridized carbons (Fsp3) is 0.630. The van der Waals surface area contributed by atoms with Gasteiger partial charge in [0.05, 0.1) is 0 Å². The lowest BCUT2D eigenvalue weighted by Gasteiger charge is -2.35. The molecule has 1 aromatic carbocycles. The van der Waals surface area contributed by atoms with Crippen LogP contribution in [0.2, 0.25) is 0 Å². The molecule has 0 aliphatic heterocycles. The molecule has 0 nitrogen and oxygen atoms in total. The Morgan fingerprint density at radius 3 is 2.32 bits per heavy atom. The lowest BCUT2D eigenvalue weighted by atomic mass is 9.70. The molecule has 3 aliphatic carbocycles. The van der Waals surface area contributed by atoms with Gasteiger partial charge in [-0.2, -0.15) is 0 Å². The molecule has 1 fully saturated rings. The summed E-state index contributed by atoms with van der Waals surface area (Å²) in [5.41, 5.74) is 1.64. The third kappa shape index (κ3) is 4.24. The first-order chi connectivity index (χ1) is 15.0. The molecule has 3 aliphatic rings. The van der Waals surface area contributed by atoms with Gasteiger partial charge in [-0.3, -0.25) is 0 Å². The smallest absolute Gasteiger partial charge is 0.167 e. The van der Waals surface area contributed by atoms with Crippen molar-refractivity contribution in [1.29, 1.82) is 0 Å². The number of benzene rings is 1. The van der Waals surface area contributed by atoms with Crippen molar-refractivity contribution in [3.05, 3.63) is 51.6 Å². The number of hydrogen-bond acceptors (Lipinski definition) is 0. The molecule has 0 spiro atoms. The van der Waals surface area contributed by atoms with Crippen LogP contribution in [-0.2, 0) is 12.8 Å². The van der Waals surface area contributed by atoms with Crippen LogP contribution in [0.5, 0.6) is 0 Å². The van der Waals surface area contributed by atoms with Gasteiger partial charge in [-0.05, 0) is 55.1 Å². The molecule has 0 bridgehead atoms. The number of aryl methyl sites for hydroxylation is 1. The summed E-state index contributed by atoms with van der Waals surface area (Å²) in [6.45, 7) is 4.12. The maximum atomic E-state index is 15.2. The summed E-state index contributed by atoms with van der Waals surface area (Å²) in [6, 6.07) is 1.66. The van der Waals surface area contributed by atoms with Crippen molar-refractivity contribution in [2.24, 2.45) is 17.8 Å². The van der Waals surface area contributed by atoms with Crippen molar-refractivity contribution in [3.8, 4) is 0 Å². The first kappa shape index (κ1) is 22.6. The van der Waals surface area contributed by atoms with Crippen LogP contribution in [0.15, 0.2) is 23.3 Å². The fourth-order valence-corrected chi connectivity index (χ4v) is 6.11. The first-order valence-corrected chi connectivity index (χ1v) is 12.2. The summed E-state index contributed by atoms with van der Waals surface area (Å²) < 4.78 is 59.8. The molecule has 1 aromatic rings. The Labute approximate surface area is 183 Å². The van der Waals surface area contributed by atoms with Crippen molar-refractivity contribution in [2.45, 2.75) is 90.9 Å². The van der Waals surface area contributed by atoms with E-state index in [1.54, 1.807) is 6.07 Å². The van der Waals surface area contributed by atoms with Crippen LogP contribution in [0.4, 0.5) is 17.6 Å². The number of fused-ring (bicyclic) bond motifs is 2. The summed E-state index contributed by atoms with van der Waals surface area (Å²) in [4.78, 5) is 0. The van der Waals surface area contributed by atoms with Gasteiger partial charge < -0.3 is 0 Å². The van der Waals surface area contributed by atoms with Gasteiger partial charge in [0, 0.05) is 17.1 Å². The lowest BCUT2D eigenvalue weighted by Crippen LogP contribution is -2.25. The molecular formula is C27H34F4. The second-order valence-electron chi connectivity index (χ2n) is 9.85. The van der Waals surface area contributed by atoms with E-state index in [4.69, 9.17) is 0 Å². The molecule has 0 aromatic heterocycles. The first-order valence-electron chi connectivity index (χ1n) is 12.2. The standard InChI is InChI=1S/C27H34F4/c1-3-5-6-8-16-9-11-17(12-10-16)21-15-20-14-19-13-18(7-4-2)24(28)26(30)22(19)23(20)27(31)25(21)29/h13,16-17,21H,3-12,14-15H2,1-2H3. The number of hydrogen-bond donors (Lipinski definition) is 0. The summed E-state index contributed by atoms with van der Waals surface area (Å²) >= 11 is 0. The maximum absolute atomic E-state index is 15.2. The molecule has 170 valence electrons. The monoisotopic (exact) mass is 434 g/mol. The van der Waals surface area contributed by atoms with Crippen molar-refractivity contribution < 1.29 is 17.6 Å². The number of unbranched alkanes of at least 4 members (excludes halogenated alkanes) is 2. The van der Waals surface area contributed by atoms with Gasteiger partial charge >= 0.3 is 0 Å². The van der Waals surface area contributed by atoms with Crippen LogP contribution in [0.3, 0.4) is 0 Å². The Bertz CT molecular complexity index is 887. The molecule has 31 heavy (non-hydrogen) atoms. The highest BCUT2D eigenvalue weighted by Crippen LogP contribution is 2.52. The van der Waals surface area contributed by atoms with Crippen LogP contribution in [0.1, 0.15) is 94.7 Å². The highest BCUT2D eigenvalue weighted by Gasteiger charge is 2.41. The minimum absolute atomic E-state index is 0.00329. The average Bonchev–Trinajstić information content (AvgIpc) is 3.14. The third-order valence-corrected chi connectivity index (χ3v) is 7.79. The van der Waals surface area contributed by atoms with Gasteiger partial charge in [0.25, 0.3) is 0 Å². The molecule has 4 rings (SSSR count). The van der Waals surface area contributed by atoms with Crippen molar-refractivity contribution in [1.82, 2.24) is 0 Å². The molecule has 0 amide bonds. The highest BCUT2D eigenvalue weighted by molar-refractivity contribution is 5.87. The quantitative estimate of drug-likeness (QED) is 0.297. The molecule has 0 radical (unpaired) electrons. The SMILES string of the molecule is CCCCCC1CCC(C2CC3=C(C(F)=C2F)c2c(cc(CCC)c(F)c2F)C3)CC1. The topological polar surface area (TPSA) is 0 Å². The van der Waals surface area contributed by atoms with E-state index in [9.17, 15) is 8.78 Å². The van der Waals surface area contributed by atoms with E-state index in [2.05, 4.69) is 6.92 Å². The second kappa shape index (κ2) is 9.50. The van der Waals surface area contributed by atoms with E-state index in [-0.39, 0.29) is 17.1 Å². The molecule has 0 N–H and O–H groups in total. The minimum Gasteiger partial charge on any atom is -0.208 e. The number of allylic oxidation sites excluding steroid dienone is 4. The van der Waals surface area contributed by atoms with Crippen molar-refractivity contribution in [3.63, 3.8) is 0 Å². The summed E-state index contributed by atoms with van der Waals surface area (Å²) in [5.74, 6) is -3.21. The highest BCUT2D eigenvalue weighted by atomic mass is 19.2. The Hall–Kier alpha value is -1.58. The van der Waals surface area contributed by atoms with Crippen LogP contribution in [-0.4, -0.2) is 0 Å². The zero-order valence-corrected chi connectivity index (χ0v) is 18.8. The lowest BCUT2D eigenvalue weighted by molar-refractivity contribution is 0.192. The molecular weight excluding hydrogens is 400 g/mol. The zero-order valence-electron chi connectivity index (χ0n) is 18.8. The van der Waals surface area contributed by atoms with E-state index in [1.165, 1.54) is 25.7 Å². The summed E-state index contributed by atoms with van der Waals surface area (Å²) in [7, 11) is 0. The van der Waals surface area contributed by atoms with E-state index in [0.717, 1.165) is 31.3 Å². The predicted octanol–water partition coefficient (Wildman–Crippen LogP) is 8.78. The van der Waals surface area contributed by atoms with Gasteiger partial charge in [-0.1, -0.05) is 70.4 Å². The van der Waals surface area contributed by atoms with Crippen LogP contribution in [0.25, 0.3) is 5.57 Å². The summed E-state index contributed by atoms with van der Waals surface area (Å²) in [5, 5.41) is 0. The molecule has 1 saturated carbocycles. The van der Waals surface area contributed by atoms with Gasteiger partial charge in [-0.25, -0.2) is 17.6 Å². The normalized spacial score (nSPS) is 25.8. The van der Waals surface area contributed by atoms with Crippen LogP contribution < -0.4 is 0 Å². The molecule has 1 atom stereocenters. The number of halogens is 4. The Morgan fingerprint density at radius 2 is 1.65 bits per heavy atom. The largest absolute Gasteiger partial charge is 0.208 e. The van der Waals surface area contributed by atoms with Crippen molar-refractivity contribution in [2.75, 3.05) is 0 Å². The van der Waals surface area contributed by atoms with Gasteiger partial charge in [0.2, 0.25) is 0 Å². The molecule has 4 heteroatoms.